The van der Waals surface area contributed by atoms with Crippen molar-refractivity contribution in [2.24, 2.45) is 0 Å². The molecule has 2 aromatic carbocycles. The normalized spacial score (nSPS) is 14.9. The predicted molar refractivity (Wildman–Crippen MR) is 138 cm³/mol. The number of hydrogen-bond acceptors (Lipinski definition) is 8. The highest BCUT2D eigenvalue weighted by molar-refractivity contribution is 7.92. The summed E-state index contributed by atoms with van der Waals surface area (Å²) in [5.74, 6) is 0.492. The fourth-order valence-electron chi connectivity index (χ4n) is 4.07. The first kappa shape index (κ1) is 22.6. The molecule has 1 aliphatic rings. The molecule has 0 atom stereocenters. The molecule has 0 aliphatic carbocycles. The summed E-state index contributed by atoms with van der Waals surface area (Å²) in [6.45, 7) is 1.71. The van der Waals surface area contributed by atoms with Crippen LogP contribution in [0.4, 0.5) is 23.0 Å². The van der Waals surface area contributed by atoms with Crippen LogP contribution in [0.1, 0.15) is 12.8 Å². The number of piperidine rings is 1. The molecule has 4 aromatic rings. The summed E-state index contributed by atoms with van der Waals surface area (Å²) in [5.41, 5.74) is 5.14. The molecule has 34 heavy (non-hydrogen) atoms. The van der Waals surface area contributed by atoms with Crippen molar-refractivity contribution in [1.82, 2.24) is 9.97 Å². The fraction of sp³-hybridized carbons (Fsp3) is 0.250. The fourth-order valence-corrected chi connectivity index (χ4v) is 5.49. The van der Waals surface area contributed by atoms with E-state index in [1.807, 2.05) is 29.6 Å². The molecule has 1 fully saturated rings. The summed E-state index contributed by atoms with van der Waals surface area (Å²) in [7, 11) is -3.36. The largest absolute Gasteiger partial charge is 0.393 e. The van der Waals surface area contributed by atoms with Gasteiger partial charge in [-0.25, -0.2) is 18.4 Å². The van der Waals surface area contributed by atoms with Crippen molar-refractivity contribution < 1.29 is 13.5 Å². The maximum absolute atomic E-state index is 11.6. The van der Waals surface area contributed by atoms with E-state index in [4.69, 9.17) is 4.98 Å². The highest BCUT2D eigenvalue weighted by atomic mass is 32.2. The van der Waals surface area contributed by atoms with Gasteiger partial charge in [-0.1, -0.05) is 12.1 Å². The molecule has 1 saturated heterocycles. The van der Waals surface area contributed by atoms with Crippen molar-refractivity contribution >= 4 is 54.6 Å². The van der Waals surface area contributed by atoms with Crippen LogP contribution in [-0.2, 0) is 10.0 Å². The summed E-state index contributed by atoms with van der Waals surface area (Å²) in [4.78, 5) is 11.5. The molecule has 8 nitrogen and oxygen atoms in total. The number of aliphatic hydroxyl groups is 1. The summed E-state index contributed by atoms with van der Waals surface area (Å²) in [6, 6.07) is 15.4. The van der Waals surface area contributed by atoms with Crippen LogP contribution < -0.4 is 14.9 Å². The molecule has 1 aliphatic heterocycles. The maximum Gasteiger partial charge on any atom is 0.229 e. The van der Waals surface area contributed by atoms with E-state index >= 15 is 0 Å². The van der Waals surface area contributed by atoms with Crippen LogP contribution in [0.2, 0.25) is 0 Å². The SMILES string of the molecule is CS(=O)(=O)Nc1cccc(-c2csc3cnc(Nc4ccc(N5CCC(O)CC5)cc4)nc23)c1. The number of nitrogens with one attached hydrogen (secondary N) is 2. The third kappa shape index (κ3) is 5.14. The topological polar surface area (TPSA) is 107 Å². The smallest absolute Gasteiger partial charge is 0.229 e. The van der Waals surface area contributed by atoms with E-state index in [1.165, 1.54) is 0 Å². The van der Waals surface area contributed by atoms with Crippen LogP contribution in [0.3, 0.4) is 0 Å². The minimum atomic E-state index is -3.36. The van der Waals surface area contributed by atoms with Gasteiger partial charge >= 0.3 is 0 Å². The van der Waals surface area contributed by atoms with Crippen LogP contribution in [0, 0.1) is 0 Å². The molecule has 3 N–H and O–H groups in total. The van der Waals surface area contributed by atoms with E-state index in [-0.39, 0.29) is 6.10 Å². The molecule has 0 spiro atoms. The van der Waals surface area contributed by atoms with Crippen LogP contribution in [0.15, 0.2) is 60.1 Å². The second kappa shape index (κ2) is 9.21. The Morgan fingerprint density at radius 3 is 2.59 bits per heavy atom. The van der Waals surface area contributed by atoms with Crippen LogP contribution in [0.5, 0.6) is 0 Å². The lowest BCUT2D eigenvalue weighted by Gasteiger charge is -2.31. The lowest BCUT2D eigenvalue weighted by molar-refractivity contribution is 0.145. The summed E-state index contributed by atoms with van der Waals surface area (Å²) in [6.07, 6.45) is 4.33. The van der Waals surface area contributed by atoms with E-state index in [9.17, 15) is 13.5 Å². The molecule has 0 amide bonds. The first-order valence-corrected chi connectivity index (χ1v) is 13.7. The summed E-state index contributed by atoms with van der Waals surface area (Å²) in [5, 5.41) is 15.0. The van der Waals surface area contributed by atoms with Gasteiger partial charge in [0.05, 0.1) is 28.8 Å². The zero-order valence-corrected chi connectivity index (χ0v) is 20.2. The maximum atomic E-state index is 11.6. The van der Waals surface area contributed by atoms with Crippen LogP contribution in [-0.4, -0.2) is 48.9 Å². The van der Waals surface area contributed by atoms with E-state index in [0.29, 0.717) is 11.6 Å². The third-order valence-corrected chi connectivity index (χ3v) is 7.26. The molecule has 5 rings (SSSR count). The van der Waals surface area contributed by atoms with E-state index < -0.39 is 10.0 Å². The number of benzene rings is 2. The van der Waals surface area contributed by atoms with Crippen LogP contribution in [0.25, 0.3) is 21.3 Å². The van der Waals surface area contributed by atoms with Gasteiger partial charge in [-0.05, 0) is 54.8 Å². The molecule has 0 radical (unpaired) electrons. The number of rotatable bonds is 6. The van der Waals surface area contributed by atoms with Crippen molar-refractivity contribution in [3.05, 3.63) is 60.1 Å². The summed E-state index contributed by atoms with van der Waals surface area (Å²) >= 11 is 1.55. The Hall–Kier alpha value is -3.21. The number of hydrogen-bond donors (Lipinski definition) is 3. The number of nitrogens with zero attached hydrogens (tertiary/aromatic N) is 3. The standard InChI is InChI=1S/C24H25N5O3S2/c1-34(31,32)28-18-4-2-3-16(13-18)21-15-33-22-14-25-24(27-23(21)22)26-17-5-7-19(8-6-17)29-11-9-20(30)10-12-29/h2-8,13-15,20,28,30H,9-12H2,1H3,(H,25,26,27). The Morgan fingerprint density at radius 2 is 1.85 bits per heavy atom. The van der Waals surface area contributed by atoms with E-state index in [1.54, 1.807) is 29.7 Å². The van der Waals surface area contributed by atoms with Gasteiger partial charge in [0.1, 0.15) is 0 Å². The number of aromatic nitrogens is 2. The van der Waals surface area contributed by atoms with Gasteiger partial charge in [0, 0.05) is 41.1 Å². The quantitative estimate of drug-likeness (QED) is 0.363. The first-order valence-electron chi connectivity index (χ1n) is 11.0. The van der Waals surface area contributed by atoms with Gasteiger partial charge in [0.2, 0.25) is 16.0 Å². The van der Waals surface area contributed by atoms with Crippen molar-refractivity contribution in [2.45, 2.75) is 18.9 Å². The Morgan fingerprint density at radius 1 is 1.09 bits per heavy atom. The van der Waals surface area contributed by atoms with Gasteiger partial charge in [-0.3, -0.25) is 4.72 Å². The number of aliphatic hydroxyl groups excluding tert-OH is 1. The van der Waals surface area contributed by atoms with Crippen LogP contribution >= 0.6 is 11.3 Å². The zero-order valence-electron chi connectivity index (χ0n) is 18.6. The predicted octanol–water partition coefficient (Wildman–Crippen LogP) is 4.43. The van der Waals surface area contributed by atoms with E-state index in [2.05, 4.69) is 32.1 Å². The Kier molecular flexibility index (Phi) is 6.11. The Balaban J connectivity index is 1.37. The second-order valence-corrected chi connectivity index (χ2v) is 11.1. The molecular formula is C24H25N5O3S2. The molecule has 2 aromatic heterocycles. The second-order valence-electron chi connectivity index (χ2n) is 8.40. The Bertz CT molecular complexity index is 1410. The molecule has 10 heteroatoms. The molecule has 176 valence electrons. The van der Waals surface area contributed by atoms with Gasteiger partial charge in [-0.2, -0.15) is 0 Å². The number of thiophene rings is 1. The number of anilines is 4. The number of sulfonamides is 1. The molecule has 0 saturated carbocycles. The lowest BCUT2D eigenvalue weighted by Crippen LogP contribution is -2.35. The monoisotopic (exact) mass is 495 g/mol. The van der Waals surface area contributed by atoms with Crippen molar-refractivity contribution in [3.63, 3.8) is 0 Å². The third-order valence-electron chi connectivity index (χ3n) is 5.74. The van der Waals surface area contributed by atoms with Gasteiger partial charge in [-0.15, -0.1) is 11.3 Å². The van der Waals surface area contributed by atoms with Gasteiger partial charge < -0.3 is 15.3 Å². The average molecular weight is 496 g/mol. The average Bonchev–Trinajstić information content (AvgIpc) is 3.23. The number of fused-ring (bicyclic) bond motifs is 1. The van der Waals surface area contributed by atoms with Gasteiger partial charge in [0.25, 0.3) is 0 Å². The van der Waals surface area contributed by atoms with Crippen molar-refractivity contribution in [2.75, 3.05) is 34.3 Å². The van der Waals surface area contributed by atoms with Gasteiger partial charge in [0.15, 0.2) is 0 Å². The van der Waals surface area contributed by atoms with Crippen molar-refractivity contribution in [3.8, 4) is 11.1 Å². The lowest BCUT2D eigenvalue weighted by atomic mass is 10.1. The molecule has 0 bridgehead atoms. The van der Waals surface area contributed by atoms with E-state index in [0.717, 1.165) is 64.9 Å². The molecule has 0 unspecified atom stereocenters. The minimum absolute atomic E-state index is 0.190. The summed E-state index contributed by atoms with van der Waals surface area (Å²) < 4.78 is 26.7. The molecular weight excluding hydrogens is 470 g/mol. The first-order chi connectivity index (χ1) is 16.3. The highest BCUT2D eigenvalue weighted by Gasteiger charge is 2.17. The Labute approximate surface area is 202 Å². The minimum Gasteiger partial charge on any atom is -0.393 e. The zero-order chi connectivity index (χ0) is 23.7. The highest BCUT2D eigenvalue weighted by Crippen LogP contribution is 2.34. The van der Waals surface area contributed by atoms with Crippen molar-refractivity contribution in [1.29, 1.82) is 0 Å². The molecule has 3 heterocycles.